The number of ether oxygens (including phenoxy) is 1. The van der Waals surface area contributed by atoms with Crippen LogP contribution < -0.4 is 10.1 Å². The molecule has 3 unspecified atom stereocenters. The topological polar surface area (TPSA) is 21.3 Å². The second-order valence-electron chi connectivity index (χ2n) is 5.80. The highest BCUT2D eigenvalue weighted by Crippen LogP contribution is 2.43. The second-order valence-corrected chi connectivity index (χ2v) is 6.74. The summed E-state index contributed by atoms with van der Waals surface area (Å²) in [5.74, 6) is 3.48. The van der Waals surface area contributed by atoms with Gasteiger partial charge in [0.2, 0.25) is 0 Å². The van der Waals surface area contributed by atoms with Crippen molar-refractivity contribution in [1.29, 1.82) is 0 Å². The first-order valence-electron chi connectivity index (χ1n) is 6.94. The van der Waals surface area contributed by atoms with Crippen molar-refractivity contribution in [2.75, 3.05) is 14.2 Å². The Morgan fingerprint density at radius 3 is 2.50 bits per heavy atom. The molecule has 1 fully saturated rings. The van der Waals surface area contributed by atoms with Crippen LogP contribution in [0.2, 0.25) is 0 Å². The Morgan fingerprint density at radius 1 is 1.28 bits per heavy atom. The molecule has 2 rings (SSSR count). The van der Waals surface area contributed by atoms with Crippen LogP contribution in [0.25, 0.3) is 0 Å². The van der Waals surface area contributed by atoms with Crippen LogP contribution in [0.15, 0.2) is 11.4 Å². The van der Waals surface area contributed by atoms with Gasteiger partial charge in [0, 0.05) is 6.04 Å². The number of hydrogen-bond donors (Lipinski definition) is 1. The molecule has 102 valence electrons. The first-order valence-corrected chi connectivity index (χ1v) is 7.82. The second kappa shape index (κ2) is 6.07. The Labute approximate surface area is 115 Å². The number of thiophene rings is 1. The van der Waals surface area contributed by atoms with Crippen LogP contribution in [0.3, 0.4) is 0 Å². The molecule has 3 heteroatoms. The average Bonchev–Trinajstić information content (AvgIpc) is 2.77. The number of nitrogens with one attached hydrogen (secondary N) is 1. The summed E-state index contributed by atoms with van der Waals surface area (Å²) < 4.78 is 5.48. The molecule has 1 aliphatic rings. The lowest BCUT2D eigenvalue weighted by Gasteiger charge is -2.36. The molecule has 1 heterocycles. The maximum atomic E-state index is 5.48. The first-order chi connectivity index (χ1) is 8.65. The Bertz CT molecular complexity index is 366. The molecular formula is C15H25NOS. The minimum absolute atomic E-state index is 0.449. The van der Waals surface area contributed by atoms with Crippen LogP contribution in [0, 0.1) is 17.8 Å². The molecule has 1 aliphatic carbocycles. The molecule has 0 aromatic carbocycles. The summed E-state index contributed by atoms with van der Waals surface area (Å²) in [5, 5.41) is 5.65. The predicted molar refractivity (Wildman–Crippen MR) is 78.3 cm³/mol. The summed E-state index contributed by atoms with van der Waals surface area (Å²) in [6.45, 7) is 4.78. The van der Waals surface area contributed by atoms with E-state index < -0.39 is 0 Å². The maximum Gasteiger partial charge on any atom is 0.134 e. The average molecular weight is 267 g/mol. The Morgan fingerprint density at radius 2 is 1.94 bits per heavy atom. The molecule has 18 heavy (non-hydrogen) atoms. The lowest BCUT2D eigenvalue weighted by molar-refractivity contribution is 0.180. The van der Waals surface area contributed by atoms with Crippen molar-refractivity contribution in [2.45, 2.75) is 39.2 Å². The van der Waals surface area contributed by atoms with Gasteiger partial charge in [0.05, 0.1) is 12.0 Å². The van der Waals surface area contributed by atoms with E-state index in [1.165, 1.54) is 24.1 Å². The minimum atomic E-state index is 0.449. The van der Waals surface area contributed by atoms with Gasteiger partial charge < -0.3 is 10.1 Å². The van der Waals surface area contributed by atoms with Crippen molar-refractivity contribution in [2.24, 2.45) is 17.8 Å². The van der Waals surface area contributed by atoms with E-state index in [0.29, 0.717) is 6.04 Å². The third kappa shape index (κ3) is 2.89. The van der Waals surface area contributed by atoms with E-state index in [0.717, 1.165) is 23.5 Å². The number of methoxy groups -OCH3 is 1. The standard InChI is InChI=1S/C15H25NOS/c1-10-7-11(2)9-12(8-10)14(16-3)15-13(17-4)5-6-18-15/h5-6,10-12,14,16H,7-9H2,1-4H3. The molecule has 0 bridgehead atoms. The zero-order valence-corrected chi connectivity index (χ0v) is 12.7. The molecule has 1 aromatic heterocycles. The molecule has 3 atom stereocenters. The van der Waals surface area contributed by atoms with Gasteiger partial charge >= 0.3 is 0 Å². The fourth-order valence-electron chi connectivity index (χ4n) is 3.57. The lowest BCUT2D eigenvalue weighted by Crippen LogP contribution is -2.31. The lowest BCUT2D eigenvalue weighted by atomic mass is 9.73. The van der Waals surface area contributed by atoms with Gasteiger partial charge in [-0.2, -0.15) is 0 Å². The third-order valence-corrected chi connectivity index (χ3v) is 5.14. The summed E-state index contributed by atoms with van der Waals surface area (Å²) in [5.41, 5.74) is 0. The van der Waals surface area contributed by atoms with Crippen LogP contribution in [0.1, 0.15) is 44.0 Å². The monoisotopic (exact) mass is 267 g/mol. The van der Waals surface area contributed by atoms with E-state index in [-0.39, 0.29) is 0 Å². The predicted octanol–water partition coefficient (Wildman–Crippen LogP) is 4.09. The van der Waals surface area contributed by atoms with Crippen LogP contribution in [0.4, 0.5) is 0 Å². The van der Waals surface area contributed by atoms with Crippen molar-refractivity contribution in [3.8, 4) is 5.75 Å². The largest absolute Gasteiger partial charge is 0.496 e. The number of hydrogen-bond acceptors (Lipinski definition) is 3. The Kier molecular flexibility index (Phi) is 4.68. The summed E-state index contributed by atoms with van der Waals surface area (Å²) in [6.07, 6.45) is 4.04. The van der Waals surface area contributed by atoms with E-state index in [9.17, 15) is 0 Å². The zero-order chi connectivity index (χ0) is 13.1. The van der Waals surface area contributed by atoms with Crippen molar-refractivity contribution < 1.29 is 4.74 Å². The van der Waals surface area contributed by atoms with Crippen LogP contribution in [-0.4, -0.2) is 14.2 Å². The molecule has 1 aromatic rings. The molecular weight excluding hydrogens is 242 g/mol. The molecule has 0 radical (unpaired) electrons. The fraction of sp³-hybridized carbons (Fsp3) is 0.733. The van der Waals surface area contributed by atoms with E-state index >= 15 is 0 Å². The van der Waals surface area contributed by atoms with Gasteiger partial charge in [0.15, 0.2) is 0 Å². The Balaban J connectivity index is 2.17. The molecule has 0 spiro atoms. The minimum Gasteiger partial charge on any atom is -0.496 e. The van der Waals surface area contributed by atoms with Gasteiger partial charge in [-0.05, 0) is 55.5 Å². The highest BCUT2D eigenvalue weighted by atomic mass is 32.1. The van der Waals surface area contributed by atoms with Crippen LogP contribution in [0.5, 0.6) is 5.75 Å². The maximum absolute atomic E-state index is 5.48. The fourth-order valence-corrected chi connectivity index (χ4v) is 4.63. The van der Waals surface area contributed by atoms with E-state index in [4.69, 9.17) is 4.74 Å². The Hall–Kier alpha value is -0.540. The molecule has 2 nitrogen and oxygen atoms in total. The number of rotatable bonds is 4. The molecule has 1 N–H and O–H groups in total. The summed E-state index contributed by atoms with van der Waals surface area (Å²) in [6, 6.07) is 2.53. The van der Waals surface area contributed by atoms with Crippen molar-refractivity contribution in [3.63, 3.8) is 0 Å². The van der Waals surface area contributed by atoms with E-state index in [1.807, 2.05) is 11.3 Å². The van der Waals surface area contributed by atoms with E-state index in [1.54, 1.807) is 7.11 Å². The van der Waals surface area contributed by atoms with Gasteiger partial charge in [0.25, 0.3) is 0 Å². The third-order valence-electron chi connectivity index (χ3n) is 4.16. The highest BCUT2D eigenvalue weighted by molar-refractivity contribution is 7.10. The van der Waals surface area contributed by atoms with Crippen molar-refractivity contribution >= 4 is 11.3 Å². The normalized spacial score (nSPS) is 30.1. The SMILES string of the molecule is CNC(c1sccc1OC)C1CC(C)CC(C)C1. The summed E-state index contributed by atoms with van der Waals surface area (Å²) in [4.78, 5) is 1.37. The molecule has 0 aliphatic heterocycles. The molecule has 0 amide bonds. The quantitative estimate of drug-likeness (QED) is 0.887. The van der Waals surface area contributed by atoms with Gasteiger partial charge in [0.1, 0.15) is 5.75 Å². The molecule has 0 saturated heterocycles. The highest BCUT2D eigenvalue weighted by Gasteiger charge is 2.32. The molecule has 1 saturated carbocycles. The van der Waals surface area contributed by atoms with E-state index in [2.05, 4.69) is 37.7 Å². The van der Waals surface area contributed by atoms with Gasteiger partial charge in [-0.3, -0.25) is 0 Å². The van der Waals surface area contributed by atoms with Gasteiger partial charge in [-0.25, -0.2) is 0 Å². The first kappa shape index (κ1) is 13.9. The smallest absolute Gasteiger partial charge is 0.134 e. The van der Waals surface area contributed by atoms with Crippen molar-refractivity contribution in [1.82, 2.24) is 5.32 Å². The van der Waals surface area contributed by atoms with Crippen molar-refractivity contribution in [3.05, 3.63) is 16.3 Å². The van der Waals surface area contributed by atoms with Gasteiger partial charge in [-0.15, -0.1) is 11.3 Å². The summed E-state index contributed by atoms with van der Waals surface area (Å²) in [7, 11) is 3.85. The zero-order valence-electron chi connectivity index (χ0n) is 11.9. The van der Waals surface area contributed by atoms with Crippen LogP contribution in [-0.2, 0) is 0 Å². The summed E-state index contributed by atoms with van der Waals surface area (Å²) >= 11 is 1.82. The van der Waals surface area contributed by atoms with Crippen LogP contribution >= 0.6 is 11.3 Å². The van der Waals surface area contributed by atoms with Gasteiger partial charge in [-0.1, -0.05) is 13.8 Å².